The van der Waals surface area contributed by atoms with E-state index in [-0.39, 0.29) is 11.3 Å². The second-order valence-electron chi connectivity index (χ2n) is 22.5. The molecule has 0 saturated heterocycles. The second kappa shape index (κ2) is 16.5. The minimum absolute atomic E-state index is 0.116. The van der Waals surface area contributed by atoms with Crippen LogP contribution in [-0.2, 0) is 23.7 Å². The highest BCUT2D eigenvalue weighted by Crippen LogP contribution is 2.64. The first-order valence-electron chi connectivity index (χ1n) is 27.1. The molecule has 1 atom stereocenters. The zero-order chi connectivity index (χ0) is 49.5. The van der Waals surface area contributed by atoms with Crippen molar-refractivity contribution in [2.45, 2.75) is 83.0 Å². The number of rotatable bonds is 7. The topological polar surface area (TPSA) is 0 Å². The third-order valence-corrected chi connectivity index (χ3v) is 19.5. The molecule has 15 rings (SSSR count). The molecule has 1 saturated carbocycles. The van der Waals surface area contributed by atoms with Crippen molar-refractivity contribution in [3.8, 4) is 55.6 Å². The van der Waals surface area contributed by atoms with E-state index in [4.69, 9.17) is 0 Å². The smallest absolute Gasteiger partial charge is 0.0725 e. The van der Waals surface area contributed by atoms with Crippen LogP contribution in [0.15, 0.2) is 200 Å². The lowest BCUT2D eigenvalue weighted by Crippen LogP contribution is -2.26. The average Bonchev–Trinajstić information content (AvgIpc) is 4.26. The Morgan fingerprint density at radius 1 is 0.392 bits per heavy atom. The minimum Gasteiger partial charge on any atom is -0.135 e. The fourth-order valence-corrected chi connectivity index (χ4v) is 16.2. The fourth-order valence-electron chi connectivity index (χ4n) is 14.9. The second-order valence-corrected chi connectivity index (χ2v) is 23.5. The van der Waals surface area contributed by atoms with E-state index in [0.29, 0.717) is 0 Å². The summed E-state index contributed by atoms with van der Waals surface area (Å²) in [5.41, 5.74) is 31.5. The SMILES string of the molecule is Cc1ccc2c(c1)C1(c3ccc(-c4cccc5c4sc4ccccc45)cc3-c3ccc(CC(Cc4ccc(-c5ccccc5C)c(C)c4)c4ccc5c(c4)C4(CCCC4)c4ccccc4-5)cc31)c1cc(C)ccc1-2. The van der Waals surface area contributed by atoms with E-state index in [1.165, 1.54) is 163 Å². The molecule has 4 aliphatic rings. The van der Waals surface area contributed by atoms with Gasteiger partial charge in [-0.15, -0.1) is 11.3 Å². The van der Waals surface area contributed by atoms with Crippen molar-refractivity contribution in [3.63, 3.8) is 0 Å². The van der Waals surface area contributed by atoms with Gasteiger partial charge in [-0.2, -0.15) is 0 Å². The van der Waals surface area contributed by atoms with Gasteiger partial charge in [-0.1, -0.05) is 212 Å². The molecule has 1 unspecified atom stereocenters. The summed E-state index contributed by atoms with van der Waals surface area (Å²) in [6, 6.07) is 78.5. The van der Waals surface area contributed by atoms with E-state index in [2.05, 4.69) is 228 Å². The van der Waals surface area contributed by atoms with Gasteiger partial charge in [0, 0.05) is 25.6 Å². The number of hydrogen-bond acceptors (Lipinski definition) is 1. The summed E-state index contributed by atoms with van der Waals surface area (Å²) >= 11 is 1.92. The van der Waals surface area contributed by atoms with Gasteiger partial charge in [0.2, 0.25) is 0 Å². The van der Waals surface area contributed by atoms with Gasteiger partial charge < -0.3 is 0 Å². The summed E-state index contributed by atoms with van der Waals surface area (Å²) < 4.78 is 2.70. The van der Waals surface area contributed by atoms with Crippen LogP contribution in [0, 0.1) is 27.7 Å². The van der Waals surface area contributed by atoms with Crippen LogP contribution in [0.2, 0.25) is 0 Å². The zero-order valence-electron chi connectivity index (χ0n) is 42.8. The summed E-state index contributed by atoms with van der Waals surface area (Å²) in [5, 5.41) is 2.68. The van der Waals surface area contributed by atoms with Gasteiger partial charge in [-0.3, -0.25) is 0 Å². The quantitative estimate of drug-likeness (QED) is 0.149. The van der Waals surface area contributed by atoms with E-state index in [1.807, 2.05) is 11.3 Å². The molecule has 1 aromatic heterocycles. The zero-order valence-corrected chi connectivity index (χ0v) is 43.6. The number of fused-ring (bicyclic) bond motifs is 18. The van der Waals surface area contributed by atoms with Gasteiger partial charge in [0.15, 0.2) is 0 Å². The fraction of sp³-hybridized carbons (Fsp3) is 0.178. The van der Waals surface area contributed by atoms with Crippen molar-refractivity contribution in [1.29, 1.82) is 0 Å². The number of thiophene rings is 1. The molecule has 11 aromatic rings. The summed E-state index contributed by atoms with van der Waals surface area (Å²) in [6.45, 7) is 9.09. The van der Waals surface area contributed by atoms with E-state index >= 15 is 0 Å². The largest absolute Gasteiger partial charge is 0.135 e. The lowest BCUT2D eigenvalue weighted by atomic mass is 9.69. The van der Waals surface area contributed by atoms with E-state index in [9.17, 15) is 0 Å². The van der Waals surface area contributed by atoms with Crippen molar-refractivity contribution in [1.82, 2.24) is 0 Å². The maximum atomic E-state index is 2.68. The molecular weight excluding hydrogens is 909 g/mol. The lowest BCUT2D eigenvalue weighted by Gasteiger charge is -2.31. The molecule has 4 aliphatic carbocycles. The third kappa shape index (κ3) is 6.32. The van der Waals surface area contributed by atoms with Crippen LogP contribution in [-0.4, -0.2) is 0 Å². The Kier molecular flexibility index (Phi) is 9.78. The highest BCUT2D eigenvalue weighted by Gasteiger charge is 2.52. The Bertz CT molecular complexity index is 4100. The monoisotopic (exact) mass is 966 g/mol. The minimum atomic E-state index is -0.447. The van der Waals surface area contributed by atoms with Crippen LogP contribution in [0.3, 0.4) is 0 Å². The molecule has 1 heterocycles. The van der Waals surface area contributed by atoms with E-state index in [0.717, 1.165) is 12.8 Å². The average molecular weight is 967 g/mol. The predicted molar refractivity (Wildman–Crippen MR) is 313 cm³/mol. The first-order chi connectivity index (χ1) is 36.3. The predicted octanol–water partition coefficient (Wildman–Crippen LogP) is 19.4. The summed E-state index contributed by atoms with van der Waals surface area (Å²) in [5.74, 6) is 0.269. The maximum absolute atomic E-state index is 2.68. The molecule has 0 bridgehead atoms. The van der Waals surface area contributed by atoms with E-state index in [1.54, 1.807) is 11.1 Å². The van der Waals surface area contributed by atoms with Gasteiger partial charge in [0.05, 0.1) is 5.41 Å². The molecule has 1 heteroatoms. The Morgan fingerprint density at radius 3 is 1.74 bits per heavy atom. The molecule has 0 amide bonds. The van der Waals surface area contributed by atoms with Crippen molar-refractivity contribution >= 4 is 31.5 Å². The Morgan fingerprint density at radius 2 is 0.973 bits per heavy atom. The highest BCUT2D eigenvalue weighted by molar-refractivity contribution is 7.26. The Balaban J connectivity index is 0.910. The van der Waals surface area contributed by atoms with Crippen LogP contribution in [0.5, 0.6) is 0 Å². The van der Waals surface area contributed by atoms with Gasteiger partial charge in [0.1, 0.15) is 0 Å². The molecule has 0 radical (unpaired) electrons. The summed E-state index contributed by atoms with van der Waals surface area (Å²) in [4.78, 5) is 0. The van der Waals surface area contributed by atoms with E-state index < -0.39 is 5.41 Å². The van der Waals surface area contributed by atoms with Gasteiger partial charge in [-0.25, -0.2) is 0 Å². The van der Waals surface area contributed by atoms with Crippen LogP contribution in [0.4, 0.5) is 0 Å². The molecule has 2 spiro atoms. The summed E-state index contributed by atoms with van der Waals surface area (Å²) in [6.07, 6.45) is 6.97. The van der Waals surface area contributed by atoms with Gasteiger partial charge in [-0.05, 0) is 188 Å². The Labute approximate surface area is 440 Å². The van der Waals surface area contributed by atoms with Gasteiger partial charge >= 0.3 is 0 Å². The molecule has 0 nitrogen and oxygen atoms in total. The van der Waals surface area contributed by atoms with Gasteiger partial charge in [0.25, 0.3) is 0 Å². The van der Waals surface area contributed by atoms with Crippen molar-refractivity contribution in [3.05, 3.63) is 273 Å². The molecule has 0 N–H and O–H groups in total. The van der Waals surface area contributed by atoms with Crippen LogP contribution in [0.25, 0.3) is 75.8 Å². The Hall–Kier alpha value is -7.58. The van der Waals surface area contributed by atoms with Crippen molar-refractivity contribution < 1.29 is 0 Å². The first-order valence-corrected chi connectivity index (χ1v) is 27.9. The highest BCUT2D eigenvalue weighted by atomic mass is 32.1. The number of benzene rings is 10. The molecule has 356 valence electrons. The molecule has 0 aliphatic heterocycles. The van der Waals surface area contributed by atoms with Crippen LogP contribution in [0.1, 0.15) is 104 Å². The number of hydrogen-bond donors (Lipinski definition) is 0. The normalized spacial score (nSPS) is 15.4. The van der Waals surface area contributed by atoms with Crippen LogP contribution >= 0.6 is 11.3 Å². The maximum Gasteiger partial charge on any atom is 0.0725 e. The summed E-state index contributed by atoms with van der Waals surface area (Å²) in [7, 11) is 0. The molecule has 1 fully saturated rings. The van der Waals surface area contributed by atoms with Crippen molar-refractivity contribution in [2.24, 2.45) is 0 Å². The number of aryl methyl sites for hydroxylation is 4. The van der Waals surface area contributed by atoms with Crippen molar-refractivity contribution in [2.75, 3.05) is 0 Å². The molecule has 74 heavy (non-hydrogen) atoms. The lowest BCUT2D eigenvalue weighted by molar-refractivity contribution is 0.548. The van der Waals surface area contributed by atoms with Crippen LogP contribution < -0.4 is 0 Å². The first kappa shape index (κ1) is 44.0. The third-order valence-electron chi connectivity index (χ3n) is 18.3. The molecular formula is C73H58S. The molecule has 10 aromatic carbocycles. The standard InChI is InChI=1S/C73H58S/c1-44-22-28-58-59-29-23-45(2)37-68(59)73(67(58)36-44)65-33-27-51(55-18-13-19-62-61-17-8-10-21-70(61)74-71(55)62)42-63(65)60-31-25-49(41-69(60)73)40-52(39-48-24-30-54(47(4)38-48)53-15-6-5-14-46(53)3)50-26-32-57-56-16-7-9-20-64(56)72(66(57)43-50)34-11-12-35-72/h5-10,13-33,36-38,41-43,52H,11-12,34-35,39-40H2,1-4H3.